The van der Waals surface area contributed by atoms with Crippen molar-refractivity contribution in [1.29, 1.82) is 0 Å². The minimum Gasteiger partial charge on any atom is -0.379 e. The molecule has 2 unspecified atom stereocenters. The molecule has 2 aliphatic rings. The van der Waals surface area contributed by atoms with Crippen molar-refractivity contribution in [3.63, 3.8) is 0 Å². The number of ether oxygens (including phenoxy) is 2. The molecule has 2 saturated heterocycles. The average Bonchev–Trinajstić information content (AvgIpc) is 2.83. The molecule has 1 N–H and O–H groups in total. The number of guanidine groups is 1. The largest absolute Gasteiger partial charge is 0.379 e. The Labute approximate surface area is 185 Å². The Bertz CT molecular complexity index is 852. The Morgan fingerprint density at radius 2 is 1.77 bits per heavy atom. The minimum atomic E-state index is 0.0673. The van der Waals surface area contributed by atoms with Crippen molar-refractivity contribution in [3.8, 4) is 0 Å². The van der Waals surface area contributed by atoms with Crippen LogP contribution in [0.15, 0.2) is 59.6 Å². The lowest BCUT2D eigenvalue weighted by Gasteiger charge is -2.38. The SMILES string of the molecule is CN=C(NCC(c1ccccc1)N1CCOCC1)N1CCOC(c2ccccc2C)C1. The zero-order valence-corrected chi connectivity index (χ0v) is 18.7. The summed E-state index contributed by atoms with van der Waals surface area (Å²) in [5, 5.41) is 3.66. The van der Waals surface area contributed by atoms with Crippen molar-refractivity contribution in [2.24, 2.45) is 4.99 Å². The summed E-state index contributed by atoms with van der Waals surface area (Å²) in [6.07, 6.45) is 0.0673. The fraction of sp³-hybridized carbons (Fsp3) is 0.480. The first kappa shape index (κ1) is 21.8. The second kappa shape index (κ2) is 10.8. The van der Waals surface area contributed by atoms with Gasteiger partial charge in [0.2, 0.25) is 0 Å². The summed E-state index contributed by atoms with van der Waals surface area (Å²) in [6, 6.07) is 19.5. The molecule has 0 radical (unpaired) electrons. The normalized spacial score (nSPS) is 21.7. The van der Waals surface area contributed by atoms with Crippen LogP contribution >= 0.6 is 0 Å². The zero-order valence-electron chi connectivity index (χ0n) is 18.7. The van der Waals surface area contributed by atoms with Gasteiger partial charge in [0, 0.05) is 33.2 Å². The highest BCUT2D eigenvalue weighted by atomic mass is 16.5. The van der Waals surface area contributed by atoms with Crippen molar-refractivity contribution in [2.75, 3.05) is 59.6 Å². The zero-order chi connectivity index (χ0) is 21.5. The Hall–Kier alpha value is -2.41. The van der Waals surface area contributed by atoms with E-state index in [0.717, 1.165) is 51.9 Å². The molecule has 166 valence electrons. The summed E-state index contributed by atoms with van der Waals surface area (Å²) in [5.41, 5.74) is 3.86. The highest BCUT2D eigenvalue weighted by molar-refractivity contribution is 5.80. The molecule has 2 heterocycles. The van der Waals surface area contributed by atoms with Crippen molar-refractivity contribution < 1.29 is 9.47 Å². The van der Waals surface area contributed by atoms with Crippen LogP contribution in [0.1, 0.15) is 28.8 Å². The number of rotatable bonds is 5. The molecule has 2 aromatic rings. The van der Waals surface area contributed by atoms with Gasteiger partial charge in [0.1, 0.15) is 6.10 Å². The third kappa shape index (κ3) is 5.45. The Balaban J connectivity index is 1.44. The Kier molecular flexibility index (Phi) is 7.57. The predicted octanol–water partition coefficient (Wildman–Crippen LogP) is 3.02. The molecule has 4 rings (SSSR count). The van der Waals surface area contributed by atoms with E-state index in [0.29, 0.717) is 6.61 Å². The molecule has 0 amide bonds. The highest BCUT2D eigenvalue weighted by Gasteiger charge is 2.27. The van der Waals surface area contributed by atoms with E-state index in [-0.39, 0.29) is 12.1 Å². The van der Waals surface area contributed by atoms with Crippen LogP contribution in [0.2, 0.25) is 0 Å². The lowest BCUT2D eigenvalue weighted by Crippen LogP contribution is -2.51. The lowest BCUT2D eigenvalue weighted by atomic mass is 10.0. The van der Waals surface area contributed by atoms with E-state index in [1.807, 2.05) is 7.05 Å². The smallest absolute Gasteiger partial charge is 0.193 e. The summed E-state index contributed by atoms with van der Waals surface area (Å²) >= 11 is 0. The maximum atomic E-state index is 6.11. The molecular weight excluding hydrogens is 388 g/mol. The van der Waals surface area contributed by atoms with E-state index in [9.17, 15) is 0 Å². The van der Waals surface area contributed by atoms with Gasteiger partial charge < -0.3 is 19.7 Å². The fourth-order valence-corrected chi connectivity index (χ4v) is 4.52. The second-order valence-corrected chi connectivity index (χ2v) is 8.16. The topological polar surface area (TPSA) is 49.3 Å². The van der Waals surface area contributed by atoms with Crippen LogP contribution in [-0.4, -0.2) is 75.4 Å². The van der Waals surface area contributed by atoms with Crippen LogP contribution in [0.4, 0.5) is 0 Å². The molecule has 2 atom stereocenters. The summed E-state index contributed by atoms with van der Waals surface area (Å²) in [5.74, 6) is 0.941. The van der Waals surface area contributed by atoms with Crippen LogP contribution in [0.5, 0.6) is 0 Å². The van der Waals surface area contributed by atoms with Crippen LogP contribution in [0.3, 0.4) is 0 Å². The summed E-state index contributed by atoms with van der Waals surface area (Å²) in [4.78, 5) is 9.44. The van der Waals surface area contributed by atoms with Gasteiger partial charge in [-0.15, -0.1) is 0 Å². The number of hydrogen-bond donors (Lipinski definition) is 1. The number of nitrogens with zero attached hydrogens (tertiary/aromatic N) is 3. The molecule has 6 nitrogen and oxygen atoms in total. The number of aryl methyl sites for hydroxylation is 1. The minimum absolute atomic E-state index is 0.0673. The molecule has 0 spiro atoms. The number of aliphatic imine (C=N–C) groups is 1. The van der Waals surface area contributed by atoms with Gasteiger partial charge in [0.25, 0.3) is 0 Å². The van der Waals surface area contributed by atoms with Gasteiger partial charge in [0.15, 0.2) is 5.96 Å². The van der Waals surface area contributed by atoms with Gasteiger partial charge in [-0.05, 0) is 23.6 Å². The van der Waals surface area contributed by atoms with Crippen molar-refractivity contribution in [2.45, 2.75) is 19.1 Å². The molecule has 2 fully saturated rings. The van der Waals surface area contributed by atoms with Crippen molar-refractivity contribution in [3.05, 3.63) is 71.3 Å². The summed E-state index contributed by atoms with van der Waals surface area (Å²) < 4.78 is 11.7. The number of benzene rings is 2. The fourth-order valence-electron chi connectivity index (χ4n) is 4.52. The van der Waals surface area contributed by atoms with Gasteiger partial charge >= 0.3 is 0 Å². The van der Waals surface area contributed by atoms with Crippen LogP contribution < -0.4 is 5.32 Å². The third-order valence-electron chi connectivity index (χ3n) is 6.24. The molecule has 2 aromatic carbocycles. The molecule has 6 heteroatoms. The highest BCUT2D eigenvalue weighted by Crippen LogP contribution is 2.25. The molecule has 0 aliphatic carbocycles. The van der Waals surface area contributed by atoms with E-state index in [1.54, 1.807) is 0 Å². The van der Waals surface area contributed by atoms with E-state index in [2.05, 4.69) is 81.6 Å². The maximum absolute atomic E-state index is 6.11. The van der Waals surface area contributed by atoms with E-state index in [1.165, 1.54) is 16.7 Å². The van der Waals surface area contributed by atoms with Crippen molar-refractivity contribution >= 4 is 5.96 Å². The van der Waals surface area contributed by atoms with Crippen LogP contribution in [0.25, 0.3) is 0 Å². The number of nitrogens with one attached hydrogen (secondary N) is 1. The van der Waals surface area contributed by atoms with Crippen LogP contribution in [-0.2, 0) is 9.47 Å². The molecule has 0 saturated carbocycles. The lowest BCUT2D eigenvalue weighted by molar-refractivity contribution is -0.00881. The van der Waals surface area contributed by atoms with E-state index in [4.69, 9.17) is 9.47 Å². The van der Waals surface area contributed by atoms with Crippen molar-refractivity contribution in [1.82, 2.24) is 15.1 Å². The van der Waals surface area contributed by atoms with Gasteiger partial charge in [0.05, 0.1) is 32.4 Å². The van der Waals surface area contributed by atoms with E-state index >= 15 is 0 Å². The van der Waals surface area contributed by atoms with Gasteiger partial charge in [-0.25, -0.2) is 0 Å². The molecular formula is C25H34N4O2. The van der Waals surface area contributed by atoms with E-state index < -0.39 is 0 Å². The van der Waals surface area contributed by atoms with Gasteiger partial charge in [-0.1, -0.05) is 54.6 Å². The first-order valence-corrected chi connectivity index (χ1v) is 11.3. The molecule has 0 bridgehead atoms. The van der Waals surface area contributed by atoms with Gasteiger partial charge in [-0.3, -0.25) is 9.89 Å². The standard InChI is InChI=1S/C25H34N4O2/c1-20-8-6-7-11-22(20)24-19-29(14-17-31-24)25(26-2)27-18-23(21-9-4-3-5-10-21)28-12-15-30-16-13-28/h3-11,23-24H,12-19H2,1-2H3,(H,26,27). The first-order chi connectivity index (χ1) is 15.3. The second-order valence-electron chi connectivity index (χ2n) is 8.16. The average molecular weight is 423 g/mol. The van der Waals surface area contributed by atoms with Crippen LogP contribution in [0, 0.1) is 6.92 Å². The monoisotopic (exact) mass is 422 g/mol. The molecule has 31 heavy (non-hydrogen) atoms. The first-order valence-electron chi connectivity index (χ1n) is 11.3. The summed E-state index contributed by atoms with van der Waals surface area (Å²) in [7, 11) is 1.87. The Morgan fingerprint density at radius 1 is 1.03 bits per heavy atom. The van der Waals surface area contributed by atoms with Gasteiger partial charge in [-0.2, -0.15) is 0 Å². The number of morpholine rings is 2. The predicted molar refractivity (Wildman–Crippen MR) is 124 cm³/mol. The molecule has 2 aliphatic heterocycles. The maximum Gasteiger partial charge on any atom is 0.193 e. The number of hydrogen-bond acceptors (Lipinski definition) is 4. The molecule has 0 aromatic heterocycles. The summed E-state index contributed by atoms with van der Waals surface area (Å²) in [6.45, 7) is 8.79. The quantitative estimate of drug-likeness (QED) is 0.593. The Morgan fingerprint density at radius 3 is 2.52 bits per heavy atom. The third-order valence-corrected chi connectivity index (χ3v) is 6.24.